The third kappa shape index (κ3) is 6.78. The zero-order valence-electron chi connectivity index (χ0n) is 24.5. The normalized spacial score (nSPS) is 15.9. The van der Waals surface area contributed by atoms with E-state index in [9.17, 15) is 18.0 Å². The number of hydrogen-bond donors (Lipinski definition) is 1. The van der Waals surface area contributed by atoms with Gasteiger partial charge in [0.1, 0.15) is 5.00 Å². The summed E-state index contributed by atoms with van der Waals surface area (Å²) in [6, 6.07) is 16.4. The first kappa shape index (κ1) is 30.4. The number of hydrogen-bond acceptors (Lipinski definition) is 6. The van der Waals surface area contributed by atoms with E-state index in [-0.39, 0.29) is 16.7 Å². The molecule has 0 aliphatic carbocycles. The Morgan fingerprint density at radius 2 is 1.69 bits per heavy atom. The molecule has 224 valence electrons. The minimum absolute atomic E-state index is 0.00410. The van der Waals surface area contributed by atoms with Gasteiger partial charge in [0.05, 0.1) is 10.5 Å². The monoisotopic (exact) mass is 608 g/mol. The number of carbonyl (C=O) groups excluding carboxylic acids is 2. The van der Waals surface area contributed by atoms with E-state index in [1.807, 2.05) is 30.0 Å². The SMILES string of the molecule is CCCCN(C)S(=O)(=O)c1ccc(C(=O)Nc2sc3c(c2C(=O)N2CCCCC2)CCN(Cc2ccccc2)C3)cc1. The number of thiophene rings is 1. The van der Waals surface area contributed by atoms with E-state index in [2.05, 4.69) is 22.3 Å². The molecule has 5 rings (SSSR count). The van der Waals surface area contributed by atoms with Gasteiger partial charge in [-0.2, -0.15) is 0 Å². The van der Waals surface area contributed by atoms with Crippen LogP contribution in [0.15, 0.2) is 59.5 Å². The second-order valence-corrected chi connectivity index (χ2v) is 14.3. The molecule has 1 fully saturated rings. The number of benzene rings is 2. The van der Waals surface area contributed by atoms with Crippen molar-refractivity contribution in [1.29, 1.82) is 0 Å². The second kappa shape index (κ2) is 13.5. The van der Waals surface area contributed by atoms with Crippen LogP contribution in [0.3, 0.4) is 0 Å². The van der Waals surface area contributed by atoms with Gasteiger partial charge in [-0.25, -0.2) is 12.7 Å². The van der Waals surface area contributed by atoms with Crippen LogP contribution in [-0.4, -0.2) is 67.6 Å². The number of fused-ring (bicyclic) bond motifs is 1. The van der Waals surface area contributed by atoms with Gasteiger partial charge in [0, 0.05) is 56.8 Å². The van der Waals surface area contributed by atoms with Gasteiger partial charge in [0.2, 0.25) is 10.0 Å². The van der Waals surface area contributed by atoms with E-state index in [0.29, 0.717) is 22.7 Å². The molecule has 2 aromatic carbocycles. The fraction of sp³-hybridized carbons (Fsp3) is 0.438. The van der Waals surface area contributed by atoms with E-state index in [1.165, 1.54) is 45.5 Å². The van der Waals surface area contributed by atoms with Gasteiger partial charge in [-0.05, 0) is 67.5 Å². The first-order valence-electron chi connectivity index (χ1n) is 14.9. The highest BCUT2D eigenvalue weighted by Crippen LogP contribution is 2.39. The summed E-state index contributed by atoms with van der Waals surface area (Å²) in [7, 11) is -2.05. The van der Waals surface area contributed by atoms with Crippen LogP contribution in [0.4, 0.5) is 5.00 Å². The van der Waals surface area contributed by atoms with Gasteiger partial charge in [0.25, 0.3) is 11.8 Å². The molecule has 1 saturated heterocycles. The van der Waals surface area contributed by atoms with Crippen LogP contribution in [0, 0.1) is 0 Å². The minimum Gasteiger partial charge on any atom is -0.339 e. The number of sulfonamides is 1. The molecule has 0 atom stereocenters. The Morgan fingerprint density at radius 3 is 2.38 bits per heavy atom. The average Bonchev–Trinajstić information content (AvgIpc) is 3.37. The number of likely N-dealkylation sites (tertiary alicyclic amines) is 1. The Morgan fingerprint density at radius 1 is 0.976 bits per heavy atom. The lowest BCUT2D eigenvalue weighted by molar-refractivity contribution is 0.0724. The van der Waals surface area contributed by atoms with E-state index in [4.69, 9.17) is 0 Å². The summed E-state index contributed by atoms with van der Waals surface area (Å²) in [5.74, 6) is -0.360. The Bertz CT molecular complexity index is 1500. The van der Waals surface area contributed by atoms with E-state index < -0.39 is 10.0 Å². The average molecular weight is 609 g/mol. The molecule has 2 amide bonds. The zero-order valence-corrected chi connectivity index (χ0v) is 26.1. The van der Waals surface area contributed by atoms with Crippen molar-refractivity contribution < 1.29 is 18.0 Å². The lowest BCUT2D eigenvalue weighted by Gasteiger charge is -2.29. The predicted molar refractivity (Wildman–Crippen MR) is 167 cm³/mol. The molecule has 3 aromatic rings. The van der Waals surface area contributed by atoms with Crippen molar-refractivity contribution in [2.24, 2.45) is 0 Å². The highest BCUT2D eigenvalue weighted by molar-refractivity contribution is 7.89. The molecule has 0 bridgehead atoms. The lowest BCUT2D eigenvalue weighted by atomic mass is 10.00. The van der Waals surface area contributed by atoms with Gasteiger partial charge in [-0.1, -0.05) is 43.7 Å². The lowest BCUT2D eigenvalue weighted by Crippen LogP contribution is -2.37. The van der Waals surface area contributed by atoms with Crippen molar-refractivity contribution in [3.63, 3.8) is 0 Å². The largest absolute Gasteiger partial charge is 0.339 e. The smallest absolute Gasteiger partial charge is 0.257 e. The minimum atomic E-state index is -3.62. The predicted octanol–water partition coefficient (Wildman–Crippen LogP) is 5.61. The van der Waals surface area contributed by atoms with Gasteiger partial charge in [-0.15, -0.1) is 11.3 Å². The van der Waals surface area contributed by atoms with Crippen LogP contribution in [0.5, 0.6) is 0 Å². The molecule has 2 aliphatic rings. The van der Waals surface area contributed by atoms with Gasteiger partial charge in [0.15, 0.2) is 0 Å². The Labute approximate surface area is 253 Å². The van der Waals surface area contributed by atoms with Crippen molar-refractivity contribution >= 4 is 38.2 Å². The molecule has 42 heavy (non-hydrogen) atoms. The van der Waals surface area contributed by atoms with Crippen molar-refractivity contribution in [2.45, 2.75) is 63.4 Å². The zero-order chi connectivity index (χ0) is 29.7. The number of nitrogens with zero attached hydrogens (tertiary/aromatic N) is 3. The van der Waals surface area contributed by atoms with Crippen molar-refractivity contribution in [2.75, 3.05) is 38.5 Å². The molecule has 1 N–H and O–H groups in total. The number of rotatable bonds is 10. The molecule has 3 heterocycles. The van der Waals surface area contributed by atoms with Crippen LogP contribution in [0.25, 0.3) is 0 Å². The summed E-state index contributed by atoms with van der Waals surface area (Å²) in [6.07, 6.45) is 5.55. The maximum absolute atomic E-state index is 13.8. The third-order valence-electron chi connectivity index (χ3n) is 8.12. The summed E-state index contributed by atoms with van der Waals surface area (Å²) >= 11 is 1.49. The Hall–Kier alpha value is -3.05. The van der Waals surface area contributed by atoms with Gasteiger partial charge >= 0.3 is 0 Å². The molecule has 8 nitrogen and oxygen atoms in total. The van der Waals surface area contributed by atoms with Crippen molar-refractivity contribution in [3.8, 4) is 0 Å². The topological polar surface area (TPSA) is 90.0 Å². The molecular weight excluding hydrogens is 569 g/mol. The number of carbonyl (C=O) groups is 2. The molecule has 0 spiro atoms. The van der Waals surface area contributed by atoms with Crippen LogP contribution < -0.4 is 5.32 Å². The summed E-state index contributed by atoms with van der Waals surface area (Å²) in [5, 5.41) is 3.61. The maximum atomic E-state index is 13.8. The summed E-state index contributed by atoms with van der Waals surface area (Å²) in [6.45, 7) is 6.33. The molecule has 0 saturated carbocycles. The first-order valence-corrected chi connectivity index (χ1v) is 17.1. The van der Waals surface area contributed by atoms with Crippen LogP contribution in [-0.2, 0) is 29.5 Å². The Kier molecular flexibility index (Phi) is 9.77. The second-order valence-electron chi connectivity index (χ2n) is 11.2. The van der Waals surface area contributed by atoms with Crippen LogP contribution in [0.2, 0.25) is 0 Å². The first-order chi connectivity index (χ1) is 20.3. The number of anilines is 1. The summed E-state index contributed by atoms with van der Waals surface area (Å²) in [5.41, 5.74) is 3.27. The van der Waals surface area contributed by atoms with E-state index >= 15 is 0 Å². The van der Waals surface area contributed by atoms with Crippen LogP contribution in [0.1, 0.15) is 75.7 Å². The van der Waals surface area contributed by atoms with Crippen molar-refractivity contribution in [3.05, 3.63) is 81.7 Å². The number of amides is 2. The molecular formula is C32H40N4O4S2. The standard InChI is InChI=1S/C32H40N4O4S2/c1-3-4-18-34(2)42(39,40)26-15-13-25(14-16-26)30(37)33-31-29(32(38)36-19-9-6-10-20-36)27-17-21-35(23-28(27)41-31)22-24-11-7-5-8-12-24/h5,7-8,11-16H,3-4,6,9-10,17-23H2,1-2H3,(H,33,37). The highest BCUT2D eigenvalue weighted by Gasteiger charge is 2.32. The molecule has 0 radical (unpaired) electrons. The van der Waals surface area contributed by atoms with Gasteiger partial charge < -0.3 is 10.2 Å². The quantitative estimate of drug-likeness (QED) is 0.324. The maximum Gasteiger partial charge on any atom is 0.257 e. The number of piperidine rings is 1. The van der Waals surface area contributed by atoms with Gasteiger partial charge in [-0.3, -0.25) is 14.5 Å². The summed E-state index contributed by atoms with van der Waals surface area (Å²) < 4.78 is 27.2. The summed E-state index contributed by atoms with van der Waals surface area (Å²) in [4.78, 5) is 32.8. The number of nitrogens with one attached hydrogen (secondary N) is 1. The van der Waals surface area contributed by atoms with E-state index in [0.717, 1.165) is 81.7 Å². The van der Waals surface area contributed by atoms with Crippen molar-refractivity contribution in [1.82, 2.24) is 14.1 Å². The van der Waals surface area contributed by atoms with Crippen LogP contribution >= 0.6 is 11.3 Å². The third-order valence-corrected chi connectivity index (χ3v) is 11.1. The highest BCUT2D eigenvalue weighted by atomic mass is 32.2. The fourth-order valence-electron chi connectivity index (χ4n) is 5.64. The molecule has 2 aliphatic heterocycles. The fourth-order valence-corrected chi connectivity index (χ4v) is 8.12. The number of unbranched alkanes of at least 4 members (excludes halogenated alkanes) is 1. The van der Waals surface area contributed by atoms with E-state index in [1.54, 1.807) is 7.05 Å². The Balaban J connectivity index is 1.37. The molecule has 10 heteroatoms. The molecule has 1 aromatic heterocycles. The molecule has 0 unspecified atom stereocenters.